The number of primary sulfonamides is 1. The highest BCUT2D eigenvalue weighted by atomic mass is 32.2. The maximum Gasteiger partial charge on any atom is 0.239 e. The van der Waals surface area contributed by atoms with Gasteiger partial charge in [0.25, 0.3) is 0 Å². The van der Waals surface area contributed by atoms with Crippen LogP contribution in [-0.2, 0) is 10.0 Å². The summed E-state index contributed by atoms with van der Waals surface area (Å²) in [6.07, 6.45) is 4.08. The fourth-order valence-electron chi connectivity index (χ4n) is 2.60. The highest BCUT2D eigenvalue weighted by Gasteiger charge is 2.37. The SMILES string of the molecule is NS(=O)(=O)c1cncc(N2C[C@H]3C[C@@H]2CN3)c1. The van der Waals surface area contributed by atoms with Crippen molar-refractivity contribution >= 4 is 15.7 Å². The van der Waals surface area contributed by atoms with Crippen molar-refractivity contribution < 1.29 is 8.42 Å². The number of nitrogens with zero attached hydrogens (tertiary/aromatic N) is 2. The summed E-state index contributed by atoms with van der Waals surface area (Å²) >= 11 is 0. The van der Waals surface area contributed by atoms with E-state index in [1.807, 2.05) is 0 Å². The molecule has 2 fully saturated rings. The van der Waals surface area contributed by atoms with Crippen LogP contribution in [-0.4, -0.2) is 38.6 Å². The average molecular weight is 254 g/mol. The summed E-state index contributed by atoms with van der Waals surface area (Å²) in [5, 5.41) is 8.50. The first-order chi connectivity index (χ1) is 8.04. The summed E-state index contributed by atoms with van der Waals surface area (Å²) in [5.41, 5.74) is 0.838. The van der Waals surface area contributed by atoms with Gasteiger partial charge in [0.15, 0.2) is 0 Å². The van der Waals surface area contributed by atoms with Gasteiger partial charge in [0.05, 0.1) is 11.9 Å². The average Bonchev–Trinajstić information content (AvgIpc) is 2.89. The molecule has 0 amide bonds. The van der Waals surface area contributed by atoms with Gasteiger partial charge in [0, 0.05) is 31.4 Å². The predicted molar refractivity (Wildman–Crippen MR) is 63.2 cm³/mol. The Morgan fingerprint density at radius 3 is 2.88 bits per heavy atom. The quantitative estimate of drug-likeness (QED) is 0.727. The number of nitrogens with one attached hydrogen (secondary N) is 1. The topological polar surface area (TPSA) is 88.3 Å². The van der Waals surface area contributed by atoms with E-state index in [0.717, 1.165) is 25.2 Å². The fraction of sp³-hybridized carbons (Fsp3) is 0.500. The molecule has 0 aliphatic carbocycles. The molecule has 7 heteroatoms. The van der Waals surface area contributed by atoms with Crippen molar-refractivity contribution in [3.63, 3.8) is 0 Å². The van der Waals surface area contributed by atoms with Crippen LogP contribution in [0.5, 0.6) is 0 Å². The molecule has 2 aliphatic rings. The van der Waals surface area contributed by atoms with Crippen molar-refractivity contribution in [3.8, 4) is 0 Å². The normalized spacial score (nSPS) is 27.7. The van der Waals surface area contributed by atoms with Crippen LogP contribution < -0.4 is 15.4 Å². The zero-order valence-corrected chi connectivity index (χ0v) is 10.0. The Bertz CT molecular complexity index is 545. The molecule has 0 unspecified atom stereocenters. The van der Waals surface area contributed by atoms with E-state index < -0.39 is 10.0 Å². The summed E-state index contributed by atoms with van der Waals surface area (Å²) in [5.74, 6) is 0. The summed E-state index contributed by atoms with van der Waals surface area (Å²) in [4.78, 5) is 6.23. The Balaban J connectivity index is 1.94. The third kappa shape index (κ3) is 1.90. The van der Waals surface area contributed by atoms with Crippen LogP contribution in [0.3, 0.4) is 0 Å². The highest BCUT2D eigenvalue weighted by molar-refractivity contribution is 7.89. The number of piperazine rings is 1. The second-order valence-corrected chi connectivity index (χ2v) is 6.13. The smallest absolute Gasteiger partial charge is 0.239 e. The van der Waals surface area contributed by atoms with Gasteiger partial charge in [0.1, 0.15) is 4.90 Å². The van der Waals surface area contributed by atoms with Gasteiger partial charge in [-0.2, -0.15) is 0 Å². The molecular formula is C10H14N4O2S. The van der Waals surface area contributed by atoms with Gasteiger partial charge in [-0.3, -0.25) is 4.98 Å². The van der Waals surface area contributed by atoms with Gasteiger partial charge in [0.2, 0.25) is 10.0 Å². The summed E-state index contributed by atoms with van der Waals surface area (Å²) < 4.78 is 22.5. The number of anilines is 1. The van der Waals surface area contributed by atoms with Crippen LogP contribution >= 0.6 is 0 Å². The Morgan fingerprint density at radius 2 is 2.29 bits per heavy atom. The number of sulfonamides is 1. The van der Waals surface area contributed by atoms with E-state index >= 15 is 0 Å². The minimum absolute atomic E-state index is 0.0748. The van der Waals surface area contributed by atoms with Crippen LogP contribution in [0.1, 0.15) is 6.42 Å². The van der Waals surface area contributed by atoms with Crippen LogP contribution in [0.25, 0.3) is 0 Å². The molecule has 2 atom stereocenters. The van der Waals surface area contributed by atoms with Gasteiger partial charge >= 0.3 is 0 Å². The van der Waals surface area contributed by atoms with Gasteiger partial charge in [-0.1, -0.05) is 0 Å². The van der Waals surface area contributed by atoms with E-state index in [1.165, 1.54) is 6.20 Å². The van der Waals surface area contributed by atoms with Crippen molar-refractivity contribution in [1.82, 2.24) is 10.3 Å². The van der Waals surface area contributed by atoms with Crippen molar-refractivity contribution in [2.75, 3.05) is 18.0 Å². The molecule has 2 bridgehead atoms. The fourth-order valence-corrected chi connectivity index (χ4v) is 3.09. The number of aromatic nitrogens is 1. The summed E-state index contributed by atoms with van der Waals surface area (Å²) in [6.45, 7) is 1.85. The molecule has 0 saturated carbocycles. The van der Waals surface area contributed by atoms with E-state index in [9.17, 15) is 8.42 Å². The van der Waals surface area contributed by atoms with E-state index in [0.29, 0.717) is 12.1 Å². The number of hydrogen-bond donors (Lipinski definition) is 2. The molecule has 17 heavy (non-hydrogen) atoms. The maximum absolute atomic E-state index is 11.3. The molecule has 92 valence electrons. The number of hydrogen-bond acceptors (Lipinski definition) is 5. The van der Waals surface area contributed by atoms with Gasteiger partial charge in [-0.15, -0.1) is 0 Å². The van der Waals surface area contributed by atoms with E-state index in [1.54, 1.807) is 12.3 Å². The molecule has 6 nitrogen and oxygen atoms in total. The molecule has 1 aromatic heterocycles. The first kappa shape index (κ1) is 10.9. The first-order valence-electron chi connectivity index (χ1n) is 5.52. The lowest BCUT2D eigenvalue weighted by Crippen LogP contribution is -2.43. The lowest BCUT2D eigenvalue weighted by Gasteiger charge is -2.29. The Morgan fingerprint density at radius 1 is 1.47 bits per heavy atom. The standard InChI is InChI=1S/C10H14N4O2S/c11-17(15,16)10-2-9(3-12-5-10)14-6-7-1-8(14)4-13-7/h2-3,5,7-8,13H,1,4,6H2,(H2,11,15,16)/t7-,8-/m1/s1. The molecule has 2 aliphatic heterocycles. The van der Waals surface area contributed by atoms with E-state index in [-0.39, 0.29) is 4.90 Å². The largest absolute Gasteiger partial charge is 0.364 e. The molecule has 0 aromatic carbocycles. The molecular weight excluding hydrogens is 240 g/mol. The summed E-state index contributed by atoms with van der Waals surface area (Å²) in [7, 11) is -3.67. The maximum atomic E-state index is 11.3. The molecule has 3 N–H and O–H groups in total. The first-order valence-corrected chi connectivity index (χ1v) is 7.06. The molecule has 3 heterocycles. The number of pyridine rings is 1. The van der Waals surface area contributed by atoms with Gasteiger partial charge in [-0.25, -0.2) is 13.6 Å². The Hall–Kier alpha value is -1.18. The minimum atomic E-state index is -3.67. The second-order valence-electron chi connectivity index (χ2n) is 4.57. The number of rotatable bonds is 2. The highest BCUT2D eigenvalue weighted by Crippen LogP contribution is 2.29. The zero-order chi connectivity index (χ0) is 12.0. The van der Waals surface area contributed by atoms with Crippen molar-refractivity contribution in [2.24, 2.45) is 5.14 Å². The zero-order valence-electron chi connectivity index (χ0n) is 9.20. The third-order valence-electron chi connectivity index (χ3n) is 3.42. The Kier molecular flexibility index (Phi) is 2.35. The van der Waals surface area contributed by atoms with E-state index in [2.05, 4.69) is 15.2 Å². The number of fused-ring (bicyclic) bond motifs is 2. The lowest BCUT2D eigenvalue weighted by molar-refractivity contribution is 0.578. The molecule has 1 aromatic rings. The van der Waals surface area contributed by atoms with Crippen LogP contribution in [0, 0.1) is 0 Å². The Labute approximate surface area is 99.9 Å². The van der Waals surface area contributed by atoms with Crippen molar-refractivity contribution in [1.29, 1.82) is 0 Å². The van der Waals surface area contributed by atoms with Gasteiger partial charge in [-0.05, 0) is 12.5 Å². The molecule has 0 spiro atoms. The third-order valence-corrected chi connectivity index (χ3v) is 4.30. The van der Waals surface area contributed by atoms with Crippen LogP contribution in [0.4, 0.5) is 5.69 Å². The molecule has 3 rings (SSSR count). The van der Waals surface area contributed by atoms with Crippen molar-refractivity contribution in [2.45, 2.75) is 23.4 Å². The monoisotopic (exact) mass is 254 g/mol. The predicted octanol–water partition coefficient (Wildman–Crippen LogP) is -0.720. The molecule has 2 saturated heterocycles. The van der Waals surface area contributed by atoms with Crippen LogP contribution in [0.2, 0.25) is 0 Å². The van der Waals surface area contributed by atoms with E-state index in [4.69, 9.17) is 5.14 Å². The van der Waals surface area contributed by atoms with Crippen molar-refractivity contribution in [3.05, 3.63) is 18.5 Å². The summed E-state index contributed by atoms with van der Waals surface area (Å²) in [6, 6.07) is 2.55. The lowest BCUT2D eigenvalue weighted by atomic mass is 10.2. The molecule has 0 radical (unpaired) electrons. The van der Waals surface area contributed by atoms with Gasteiger partial charge < -0.3 is 10.2 Å². The second kappa shape index (κ2) is 3.66. The van der Waals surface area contributed by atoms with Crippen LogP contribution in [0.15, 0.2) is 23.4 Å². The number of nitrogens with two attached hydrogens (primary N) is 1. The minimum Gasteiger partial charge on any atom is -0.364 e.